The van der Waals surface area contributed by atoms with E-state index in [0.717, 1.165) is 53.9 Å². The second kappa shape index (κ2) is 8.80. The second-order valence-corrected chi connectivity index (χ2v) is 7.70. The summed E-state index contributed by atoms with van der Waals surface area (Å²) in [6.45, 7) is 8.16. The molecule has 0 spiro atoms. The van der Waals surface area contributed by atoms with Crippen LogP contribution in [-0.2, 0) is 40.1 Å². The molecule has 1 aromatic heterocycles. The van der Waals surface area contributed by atoms with E-state index in [-0.39, 0.29) is 25.4 Å². The van der Waals surface area contributed by atoms with E-state index in [1.807, 2.05) is 13.8 Å². The number of esters is 1. The first-order chi connectivity index (χ1) is 13.8. The van der Waals surface area contributed by atoms with E-state index in [4.69, 9.17) is 9.47 Å². The van der Waals surface area contributed by atoms with E-state index in [1.165, 1.54) is 16.7 Å². The molecule has 1 aliphatic carbocycles. The van der Waals surface area contributed by atoms with E-state index in [2.05, 4.69) is 18.1 Å². The average molecular weight is 399 g/mol. The van der Waals surface area contributed by atoms with Crippen molar-refractivity contribution in [3.8, 4) is 5.75 Å². The average Bonchev–Trinajstić information content (AvgIpc) is 3.23. The van der Waals surface area contributed by atoms with Gasteiger partial charge in [0.1, 0.15) is 18.7 Å². The molecule has 0 radical (unpaired) electrons. The number of carbonyl (C=O) groups excluding carboxylic acids is 2. The Labute approximate surface area is 172 Å². The predicted octanol–water partition coefficient (Wildman–Crippen LogP) is 3.42. The zero-order valence-electron chi connectivity index (χ0n) is 18.1. The number of carbonyl (C=O) groups is 2. The number of hydrogen-bond donors (Lipinski definition) is 0. The molecule has 1 aromatic carbocycles. The fraction of sp³-hybridized carbons (Fsp3) is 0.522. The van der Waals surface area contributed by atoms with Crippen molar-refractivity contribution in [3.05, 3.63) is 45.3 Å². The van der Waals surface area contributed by atoms with E-state index < -0.39 is 5.97 Å². The Balaban J connectivity index is 1.83. The summed E-state index contributed by atoms with van der Waals surface area (Å²) in [5.41, 5.74) is 8.27. The maximum atomic E-state index is 12.2. The quantitative estimate of drug-likeness (QED) is 0.503. The van der Waals surface area contributed by atoms with Crippen LogP contribution in [-0.4, -0.2) is 35.2 Å². The molecule has 1 heterocycles. The van der Waals surface area contributed by atoms with Crippen LogP contribution in [0, 0.1) is 20.8 Å². The van der Waals surface area contributed by atoms with Gasteiger partial charge in [-0.15, -0.1) is 0 Å². The van der Waals surface area contributed by atoms with Crippen LogP contribution in [0.15, 0.2) is 6.07 Å². The van der Waals surface area contributed by atoms with Gasteiger partial charge in [-0.2, -0.15) is 5.10 Å². The maximum absolute atomic E-state index is 12.2. The fourth-order valence-corrected chi connectivity index (χ4v) is 4.37. The van der Waals surface area contributed by atoms with Crippen LogP contribution in [0.25, 0.3) is 0 Å². The van der Waals surface area contributed by atoms with Gasteiger partial charge in [0.15, 0.2) is 5.78 Å². The van der Waals surface area contributed by atoms with Crippen LogP contribution in [0.5, 0.6) is 5.75 Å². The minimum absolute atomic E-state index is 0.0885. The number of rotatable bonds is 8. The van der Waals surface area contributed by atoms with Crippen molar-refractivity contribution < 1.29 is 19.1 Å². The van der Waals surface area contributed by atoms with Gasteiger partial charge < -0.3 is 9.47 Å². The maximum Gasteiger partial charge on any atom is 0.313 e. The third kappa shape index (κ3) is 4.36. The SMILES string of the molecule is CCOC(=O)CC(=O)Cn1nc(C)c(Cc2cc(C)c(OC)c3c2CCC3)c1C. The summed E-state index contributed by atoms with van der Waals surface area (Å²) in [7, 11) is 1.74. The van der Waals surface area contributed by atoms with Crippen LogP contribution in [0.4, 0.5) is 0 Å². The van der Waals surface area contributed by atoms with Crippen LogP contribution in [0.3, 0.4) is 0 Å². The summed E-state index contributed by atoms with van der Waals surface area (Å²) in [4.78, 5) is 23.8. The molecule has 2 aromatic rings. The number of benzene rings is 1. The van der Waals surface area contributed by atoms with Gasteiger partial charge in [0.25, 0.3) is 0 Å². The Morgan fingerprint density at radius 2 is 1.90 bits per heavy atom. The molecular formula is C23H30N2O4. The number of nitrogens with zero attached hydrogens (tertiary/aromatic N) is 2. The van der Waals surface area contributed by atoms with Gasteiger partial charge >= 0.3 is 5.97 Å². The topological polar surface area (TPSA) is 70.4 Å². The Hall–Kier alpha value is -2.63. The summed E-state index contributed by atoms with van der Waals surface area (Å²) in [5.74, 6) is 0.347. The molecule has 0 atom stereocenters. The molecule has 29 heavy (non-hydrogen) atoms. The smallest absolute Gasteiger partial charge is 0.313 e. The van der Waals surface area contributed by atoms with Crippen LogP contribution < -0.4 is 4.74 Å². The minimum Gasteiger partial charge on any atom is -0.496 e. The van der Waals surface area contributed by atoms with E-state index in [0.29, 0.717) is 0 Å². The standard InChI is InChI=1S/C23H30N2O4/c1-6-29-22(27)12-18(26)13-25-16(4)21(15(3)24-25)11-17-10-14(2)23(28-5)20-9-7-8-19(17)20/h10H,6-9,11-13H2,1-5H3. The van der Waals surface area contributed by atoms with Gasteiger partial charge in [-0.1, -0.05) is 6.07 Å². The molecule has 0 saturated carbocycles. The number of hydrogen-bond acceptors (Lipinski definition) is 5. The predicted molar refractivity (Wildman–Crippen MR) is 111 cm³/mol. The third-order valence-electron chi connectivity index (χ3n) is 5.70. The summed E-state index contributed by atoms with van der Waals surface area (Å²) >= 11 is 0. The molecule has 6 nitrogen and oxygen atoms in total. The fourth-order valence-electron chi connectivity index (χ4n) is 4.37. The molecule has 0 aliphatic heterocycles. The second-order valence-electron chi connectivity index (χ2n) is 7.70. The van der Waals surface area contributed by atoms with Crippen molar-refractivity contribution in [2.45, 2.75) is 66.3 Å². The van der Waals surface area contributed by atoms with Gasteiger partial charge in [-0.05, 0) is 69.2 Å². The highest BCUT2D eigenvalue weighted by atomic mass is 16.5. The Kier molecular flexibility index (Phi) is 6.40. The molecule has 3 rings (SSSR count). The van der Waals surface area contributed by atoms with E-state index in [1.54, 1.807) is 18.7 Å². The molecule has 0 amide bonds. The van der Waals surface area contributed by atoms with Crippen molar-refractivity contribution in [3.63, 3.8) is 0 Å². The highest BCUT2D eigenvalue weighted by Crippen LogP contribution is 2.37. The van der Waals surface area contributed by atoms with Gasteiger partial charge in [-0.3, -0.25) is 14.3 Å². The van der Waals surface area contributed by atoms with Crippen molar-refractivity contribution in [2.24, 2.45) is 0 Å². The van der Waals surface area contributed by atoms with E-state index in [9.17, 15) is 9.59 Å². The Morgan fingerprint density at radius 3 is 2.59 bits per heavy atom. The molecular weight excluding hydrogens is 368 g/mol. The Morgan fingerprint density at radius 1 is 1.17 bits per heavy atom. The first-order valence-corrected chi connectivity index (χ1v) is 10.2. The van der Waals surface area contributed by atoms with Gasteiger partial charge in [0.05, 0.1) is 19.4 Å². The molecule has 0 saturated heterocycles. The summed E-state index contributed by atoms with van der Waals surface area (Å²) in [6.07, 6.45) is 3.86. The molecule has 156 valence electrons. The first kappa shape index (κ1) is 21.1. The number of ketones is 1. The largest absolute Gasteiger partial charge is 0.496 e. The zero-order valence-corrected chi connectivity index (χ0v) is 18.1. The number of Topliss-reactive ketones (excluding diaryl/α,β-unsaturated/α-hetero) is 1. The van der Waals surface area contributed by atoms with Gasteiger partial charge in [0, 0.05) is 17.7 Å². The highest BCUT2D eigenvalue weighted by molar-refractivity contribution is 5.95. The van der Waals surface area contributed by atoms with Gasteiger partial charge in [0.2, 0.25) is 0 Å². The Bertz CT molecular complexity index is 943. The van der Waals surface area contributed by atoms with Crippen molar-refractivity contribution >= 4 is 11.8 Å². The number of aromatic nitrogens is 2. The summed E-state index contributed by atoms with van der Waals surface area (Å²) < 4.78 is 12.2. The van der Waals surface area contributed by atoms with Crippen molar-refractivity contribution in [1.82, 2.24) is 9.78 Å². The highest BCUT2D eigenvalue weighted by Gasteiger charge is 2.23. The van der Waals surface area contributed by atoms with Crippen LogP contribution >= 0.6 is 0 Å². The monoisotopic (exact) mass is 398 g/mol. The lowest BCUT2D eigenvalue weighted by atomic mass is 9.93. The number of fused-ring (bicyclic) bond motifs is 1. The third-order valence-corrected chi connectivity index (χ3v) is 5.70. The zero-order chi connectivity index (χ0) is 21.1. The number of aryl methyl sites for hydroxylation is 2. The lowest BCUT2D eigenvalue weighted by Gasteiger charge is -2.16. The van der Waals surface area contributed by atoms with Crippen LogP contribution in [0.1, 0.15) is 59.0 Å². The molecule has 0 N–H and O–H groups in total. The first-order valence-electron chi connectivity index (χ1n) is 10.2. The summed E-state index contributed by atoms with van der Waals surface area (Å²) in [5, 5.41) is 4.57. The molecule has 0 bridgehead atoms. The molecule has 0 fully saturated rings. The van der Waals surface area contributed by atoms with Crippen molar-refractivity contribution in [1.29, 1.82) is 0 Å². The molecule has 0 unspecified atom stereocenters. The molecule has 1 aliphatic rings. The van der Waals surface area contributed by atoms with E-state index >= 15 is 0 Å². The lowest BCUT2D eigenvalue weighted by molar-refractivity contribution is -0.145. The normalized spacial score (nSPS) is 12.7. The minimum atomic E-state index is -0.483. The summed E-state index contributed by atoms with van der Waals surface area (Å²) in [6, 6.07) is 2.23. The molecule has 6 heteroatoms. The number of ether oxygens (including phenoxy) is 2. The lowest BCUT2D eigenvalue weighted by Crippen LogP contribution is -2.18. The number of methoxy groups -OCH3 is 1. The van der Waals surface area contributed by atoms with Crippen LogP contribution in [0.2, 0.25) is 0 Å². The van der Waals surface area contributed by atoms with Gasteiger partial charge in [-0.25, -0.2) is 0 Å². The van der Waals surface area contributed by atoms with Crippen molar-refractivity contribution in [2.75, 3.05) is 13.7 Å².